The van der Waals surface area contributed by atoms with Crippen molar-refractivity contribution in [2.75, 3.05) is 32.1 Å². The predicted molar refractivity (Wildman–Crippen MR) is 128 cm³/mol. The van der Waals surface area contributed by atoms with E-state index in [1.807, 2.05) is 36.4 Å². The minimum atomic E-state index is -0.448. The number of furan rings is 1. The van der Waals surface area contributed by atoms with Crippen molar-refractivity contribution in [1.29, 1.82) is 0 Å². The maximum Gasteiger partial charge on any atom is 0.322 e. The van der Waals surface area contributed by atoms with Crippen molar-refractivity contribution in [2.45, 2.75) is 13.1 Å². The zero-order valence-electron chi connectivity index (χ0n) is 18.2. The SMILES string of the molecule is COCCN(CC(=O)N(Cc1ccccc1)Cc1ccco1)C(=O)Nc1ccc(Cl)c(Cl)c1. The van der Waals surface area contributed by atoms with E-state index in [-0.39, 0.29) is 32.1 Å². The molecule has 174 valence electrons. The van der Waals surface area contributed by atoms with E-state index in [2.05, 4.69) is 5.32 Å². The fourth-order valence-electron chi connectivity index (χ4n) is 3.12. The number of rotatable bonds is 10. The van der Waals surface area contributed by atoms with Crippen LogP contribution in [-0.4, -0.2) is 48.5 Å². The molecule has 0 atom stereocenters. The van der Waals surface area contributed by atoms with Gasteiger partial charge in [-0.25, -0.2) is 4.79 Å². The molecule has 1 aromatic heterocycles. The van der Waals surface area contributed by atoms with Crippen LogP contribution in [0.25, 0.3) is 0 Å². The van der Waals surface area contributed by atoms with Crippen molar-refractivity contribution < 1.29 is 18.7 Å². The van der Waals surface area contributed by atoms with Crippen LogP contribution in [0.5, 0.6) is 0 Å². The van der Waals surface area contributed by atoms with Gasteiger partial charge in [-0.05, 0) is 35.9 Å². The number of benzene rings is 2. The third-order valence-corrected chi connectivity index (χ3v) is 5.58. The fraction of sp³-hybridized carbons (Fsp3) is 0.250. The van der Waals surface area contributed by atoms with Gasteiger partial charge in [0.05, 0.1) is 29.5 Å². The standard InChI is InChI=1S/C24H25Cl2N3O4/c1-32-13-11-28(24(31)27-19-9-10-21(25)22(26)14-19)17-23(30)29(16-20-8-5-12-33-20)15-18-6-3-2-4-7-18/h2-10,12,14H,11,13,15-17H2,1H3,(H,27,31). The Kier molecular flexibility index (Phi) is 9.18. The van der Waals surface area contributed by atoms with Crippen LogP contribution in [-0.2, 0) is 22.6 Å². The molecule has 0 aliphatic carbocycles. The molecule has 3 aromatic rings. The molecule has 0 saturated heterocycles. The summed E-state index contributed by atoms with van der Waals surface area (Å²) in [4.78, 5) is 29.3. The quantitative estimate of drug-likeness (QED) is 0.419. The molecule has 0 aliphatic heterocycles. The van der Waals surface area contributed by atoms with E-state index in [9.17, 15) is 9.59 Å². The summed E-state index contributed by atoms with van der Waals surface area (Å²) in [6.45, 7) is 1.04. The number of anilines is 1. The highest BCUT2D eigenvalue weighted by Gasteiger charge is 2.23. The van der Waals surface area contributed by atoms with Crippen LogP contribution in [0.2, 0.25) is 10.0 Å². The summed E-state index contributed by atoms with van der Waals surface area (Å²) in [5.41, 5.74) is 1.45. The molecule has 3 rings (SSSR count). The second-order valence-corrected chi connectivity index (χ2v) is 8.10. The molecular weight excluding hydrogens is 465 g/mol. The Morgan fingerprint density at radius 3 is 2.42 bits per heavy atom. The summed E-state index contributed by atoms with van der Waals surface area (Å²) in [6.07, 6.45) is 1.57. The first kappa shape index (κ1) is 24.6. The predicted octanol–water partition coefficient (Wildman–Crippen LogP) is 5.30. The van der Waals surface area contributed by atoms with Crippen molar-refractivity contribution in [3.63, 3.8) is 0 Å². The number of hydrogen-bond donors (Lipinski definition) is 1. The number of nitrogens with one attached hydrogen (secondary N) is 1. The van der Waals surface area contributed by atoms with Gasteiger partial charge in [-0.1, -0.05) is 53.5 Å². The summed E-state index contributed by atoms with van der Waals surface area (Å²) in [5.74, 6) is 0.429. The Morgan fingerprint density at radius 2 is 1.76 bits per heavy atom. The molecular formula is C24H25Cl2N3O4. The second kappa shape index (κ2) is 12.3. The Hall–Kier alpha value is -3.00. The summed E-state index contributed by atoms with van der Waals surface area (Å²) in [7, 11) is 1.54. The van der Waals surface area contributed by atoms with Crippen LogP contribution < -0.4 is 5.32 Å². The summed E-state index contributed by atoms with van der Waals surface area (Å²) < 4.78 is 10.6. The van der Waals surface area contributed by atoms with Crippen LogP contribution in [0.1, 0.15) is 11.3 Å². The maximum atomic E-state index is 13.3. The first-order chi connectivity index (χ1) is 16.0. The van der Waals surface area contributed by atoms with Gasteiger partial charge in [0.25, 0.3) is 0 Å². The van der Waals surface area contributed by atoms with Crippen molar-refractivity contribution in [2.24, 2.45) is 0 Å². The Bertz CT molecular complexity index is 1050. The van der Waals surface area contributed by atoms with Crippen LogP contribution in [0.4, 0.5) is 10.5 Å². The molecule has 9 heteroatoms. The summed E-state index contributed by atoms with van der Waals surface area (Å²) in [5, 5.41) is 3.46. The lowest BCUT2D eigenvalue weighted by Gasteiger charge is -2.27. The largest absolute Gasteiger partial charge is 0.467 e. The van der Waals surface area contributed by atoms with Crippen LogP contribution in [0.3, 0.4) is 0 Å². The molecule has 1 N–H and O–H groups in total. The summed E-state index contributed by atoms with van der Waals surface area (Å²) >= 11 is 12.0. The number of amides is 3. The Morgan fingerprint density at radius 1 is 0.970 bits per heavy atom. The van der Waals surface area contributed by atoms with Gasteiger partial charge in [-0.3, -0.25) is 4.79 Å². The third-order valence-electron chi connectivity index (χ3n) is 4.85. The molecule has 0 saturated carbocycles. The van der Waals surface area contributed by atoms with E-state index >= 15 is 0 Å². The zero-order chi connectivity index (χ0) is 23.6. The minimum Gasteiger partial charge on any atom is -0.467 e. The molecule has 0 spiro atoms. The van der Waals surface area contributed by atoms with Gasteiger partial charge >= 0.3 is 6.03 Å². The molecule has 0 aliphatic rings. The molecule has 3 amide bonds. The van der Waals surface area contributed by atoms with Crippen LogP contribution in [0.15, 0.2) is 71.3 Å². The minimum absolute atomic E-state index is 0.135. The number of carbonyl (C=O) groups excluding carboxylic acids is 2. The molecule has 0 bridgehead atoms. The van der Waals surface area contributed by atoms with Crippen molar-refractivity contribution in [1.82, 2.24) is 9.80 Å². The second-order valence-electron chi connectivity index (χ2n) is 7.29. The van der Waals surface area contributed by atoms with Crippen molar-refractivity contribution >= 4 is 40.8 Å². The zero-order valence-corrected chi connectivity index (χ0v) is 19.7. The van der Waals surface area contributed by atoms with Gasteiger partial charge in [0.2, 0.25) is 5.91 Å². The van der Waals surface area contributed by atoms with Gasteiger partial charge in [-0.2, -0.15) is 0 Å². The number of carbonyl (C=O) groups is 2. The highest BCUT2D eigenvalue weighted by molar-refractivity contribution is 6.42. The lowest BCUT2D eigenvalue weighted by atomic mass is 10.2. The van der Waals surface area contributed by atoms with Crippen molar-refractivity contribution in [3.05, 3.63) is 88.3 Å². The molecule has 0 radical (unpaired) electrons. The van der Waals surface area contributed by atoms with E-state index < -0.39 is 6.03 Å². The van der Waals surface area contributed by atoms with E-state index in [4.69, 9.17) is 32.4 Å². The number of hydrogen-bond acceptors (Lipinski definition) is 4. The van der Waals surface area contributed by atoms with Gasteiger partial charge in [-0.15, -0.1) is 0 Å². The lowest BCUT2D eigenvalue weighted by Crippen LogP contribution is -2.45. The molecule has 0 unspecified atom stereocenters. The average Bonchev–Trinajstić information content (AvgIpc) is 3.32. The summed E-state index contributed by atoms with van der Waals surface area (Å²) in [6, 6.07) is 17.6. The van der Waals surface area contributed by atoms with Crippen molar-refractivity contribution in [3.8, 4) is 0 Å². The number of nitrogens with zero attached hydrogens (tertiary/aromatic N) is 2. The van der Waals surface area contributed by atoms with Gasteiger partial charge in [0.1, 0.15) is 12.3 Å². The van der Waals surface area contributed by atoms with Gasteiger partial charge in [0.15, 0.2) is 0 Å². The number of urea groups is 1. The highest BCUT2D eigenvalue weighted by Crippen LogP contribution is 2.25. The smallest absolute Gasteiger partial charge is 0.322 e. The van der Waals surface area contributed by atoms with Gasteiger partial charge in [0, 0.05) is 25.9 Å². The van der Waals surface area contributed by atoms with Crippen LogP contribution in [0, 0.1) is 0 Å². The molecule has 0 fully saturated rings. The van der Waals surface area contributed by atoms with E-state index in [1.165, 1.54) is 12.0 Å². The maximum absolute atomic E-state index is 13.3. The normalized spacial score (nSPS) is 10.6. The molecule has 2 aromatic carbocycles. The van der Waals surface area contributed by atoms with E-state index in [0.29, 0.717) is 28.0 Å². The van der Waals surface area contributed by atoms with Crippen LogP contribution >= 0.6 is 23.2 Å². The number of halogens is 2. The third kappa shape index (κ3) is 7.53. The lowest BCUT2D eigenvalue weighted by molar-refractivity contribution is -0.133. The van der Waals surface area contributed by atoms with E-state index in [0.717, 1.165) is 5.56 Å². The molecule has 1 heterocycles. The molecule has 33 heavy (non-hydrogen) atoms. The first-order valence-electron chi connectivity index (χ1n) is 10.3. The topological polar surface area (TPSA) is 75.0 Å². The Balaban J connectivity index is 1.74. The molecule has 7 nitrogen and oxygen atoms in total. The van der Waals surface area contributed by atoms with Gasteiger partial charge < -0.3 is 24.3 Å². The first-order valence-corrected chi connectivity index (χ1v) is 11.1. The fourth-order valence-corrected chi connectivity index (χ4v) is 3.42. The Labute approximate surface area is 202 Å². The highest BCUT2D eigenvalue weighted by atomic mass is 35.5. The number of methoxy groups -OCH3 is 1. The number of ether oxygens (including phenoxy) is 1. The monoisotopic (exact) mass is 489 g/mol. The average molecular weight is 490 g/mol. The van der Waals surface area contributed by atoms with E-state index in [1.54, 1.807) is 35.4 Å².